The van der Waals surface area contributed by atoms with E-state index in [9.17, 15) is 5.26 Å². The van der Waals surface area contributed by atoms with Gasteiger partial charge >= 0.3 is 0 Å². The minimum atomic E-state index is 0.543. The Bertz CT molecular complexity index is 809. The van der Waals surface area contributed by atoms with Crippen molar-refractivity contribution in [2.75, 3.05) is 0 Å². The Balaban J connectivity index is 2.16. The van der Waals surface area contributed by atoms with E-state index < -0.39 is 0 Å². The van der Waals surface area contributed by atoms with Crippen molar-refractivity contribution in [3.63, 3.8) is 0 Å². The van der Waals surface area contributed by atoms with Crippen LogP contribution < -0.4 is 0 Å². The van der Waals surface area contributed by atoms with E-state index in [1.165, 1.54) is 0 Å². The molecule has 3 heteroatoms. The van der Waals surface area contributed by atoms with Gasteiger partial charge in [-0.15, -0.1) is 0 Å². The van der Waals surface area contributed by atoms with Crippen LogP contribution in [0.2, 0.25) is 0 Å². The fourth-order valence-electron chi connectivity index (χ4n) is 2.08. The zero-order valence-corrected chi connectivity index (χ0v) is 10.7. The molecule has 0 unspecified atom stereocenters. The quantitative estimate of drug-likeness (QED) is 0.658. The third-order valence-corrected chi connectivity index (χ3v) is 3.04. The lowest BCUT2D eigenvalue weighted by atomic mass is 10.0. The molecule has 20 heavy (non-hydrogen) atoms. The van der Waals surface area contributed by atoms with Gasteiger partial charge < -0.3 is 0 Å². The van der Waals surface area contributed by atoms with E-state index in [-0.39, 0.29) is 0 Å². The van der Waals surface area contributed by atoms with Crippen LogP contribution in [0, 0.1) is 11.3 Å². The number of benzene rings is 1. The van der Waals surface area contributed by atoms with Gasteiger partial charge in [0.1, 0.15) is 6.07 Å². The number of pyridine rings is 2. The monoisotopic (exact) mass is 257 g/mol. The topological polar surface area (TPSA) is 49.6 Å². The lowest BCUT2D eigenvalue weighted by molar-refractivity contribution is 1.28. The van der Waals surface area contributed by atoms with E-state index in [0.717, 1.165) is 16.5 Å². The second-order valence-electron chi connectivity index (χ2n) is 4.30. The van der Waals surface area contributed by atoms with Gasteiger partial charge in [0.25, 0.3) is 0 Å². The summed E-state index contributed by atoms with van der Waals surface area (Å²) >= 11 is 0. The van der Waals surface area contributed by atoms with Gasteiger partial charge in [0, 0.05) is 17.8 Å². The number of hydrogen-bond acceptors (Lipinski definition) is 3. The SMILES string of the molecule is N#C/C(=C\c1ccnc2ccccc12)c1ccccn1. The lowest BCUT2D eigenvalue weighted by Gasteiger charge is -2.02. The van der Waals surface area contributed by atoms with Crippen LogP contribution in [0.4, 0.5) is 0 Å². The second kappa shape index (κ2) is 5.33. The molecule has 3 rings (SSSR count). The zero-order chi connectivity index (χ0) is 13.8. The van der Waals surface area contributed by atoms with Crippen LogP contribution in [0.1, 0.15) is 11.3 Å². The van der Waals surface area contributed by atoms with Crippen molar-refractivity contribution >= 4 is 22.6 Å². The normalized spacial score (nSPS) is 11.2. The van der Waals surface area contributed by atoms with Gasteiger partial charge in [-0.3, -0.25) is 9.97 Å². The molecule has 0 radical (unpaired) electrons. The minimum Gasteiger partial charge on any atom is -0.256 e. The maximum atomic E-state index is 9.34. The first-order valence-corrected chi connectivity index (χ1v) is 6.25. The van der Waals surface area contributed by atoms with Crippen molar-refractivity contribution in [1.82, 2.24) is 9.97 Å². The van der Waals surface area contributed by atoms with E-state index in [0.29, 0.717) is 11.3 Å². The zero-order valence-electron chi connectivity index (χ0n) is 10.7. The average molecular weight is 257 g/mol. The summed E-state index contributed by atoms with van der Waals surface area (Å²) in [7, 11) is 0. The third kappa shape index (κ3) is 2.27. The van der Waals surface area contributed by atoms with Gasteiger partial charge in [-0.05, 0) is 35.9 Å². The van der Waals surface area contributed by atoms with Crippen LogP contribution in [0.15, 0.2) is 60.9 Å². The molecule has 2 aromatic heterocycles. The van der Waals surface area contributed by atoms with E-state index in [1.807, 2.05) is 54.6 Å². The van der Waals surface area contributed by atoms with Crippen LogP contribution in [0.3, 0.4) is 0 Å². The number of rotatable bonds is 2. The first-order valence-electron chi connectivity index (χ1n) is 6.25. The summed E-state index contributed by atoms with van der Waals surface area (Å²) in [6, 6.07) is 17.5. The summed E-state index contributed by atoms with van der Waals surface area (Å²) < 4.78 is 0. The molecular weight excluding hydrogens is 246 g/mol. The maximum absolute atomic E-state index is 9.34. The first kappa shape index (κ1) is 12.1. The van der Waals surface area contributed by atoms with Crippen molar-refractivity contribution in [2.45, 2.75) is 0 Å². The molecule has 0 aliphatic heterocycles. The highest BCUT2D eigenvalue weighted by Crippen LogP contribution is 2.21. The van der Waals surface area contributed by atoms with Gasteiger partial charge in [0.2, 0.25) is 0 Å². The summed E-state index contributed by atoms with van der Waals surface area (Å²) in [5.74, 6) is 0. The molecular formula is C17H11N3. The van der Waals surface area contributed by atoms with E-state index in [2.05, 4.69) is 16.0 Å². The summed E-state index contributed by atoms with van der Waals surface area (Å²) in [4.78, 5) is 8.54. The van der Waals surface area contributed by atoms with Gasteiger partial charge in [-0.25, -0.2) is 0 Å². The van der Waals surface area contributed by atoms with E-state index in [1.54, 1.807) is 12.4 Å². The first-order chi connectivity index (χ1) is 9.88. The fraction of sp³-hybridized carbons (Fsp3) is 0. The van der Waals surface area contributed by atoms with Crippen molar-refractivity contribution in [1.29, 1.82) is 5.26 Å². The summed E-state index contributed by atoms with van der Waals surface area (Å²) in [5.41, 5.74) is 3.11. The summed E-state index contributed by atoms with van der Waals surface area (Å²) in [6.07, 6.45) is 5.29. The Morgan fingerprint density at radius 3 is 2.60 bits per heavy atom. The smallest absolute Gasteiger partial charge is 0.101 e. The predicted octanol–water partition coefficient (Wildman–Crippen LogP) is 3.69. The number of hydrogen-bond donors (Lipinski definition) is 0. The standard InChI is InChI=1S/C17H11N3/c18-12-14(16-6-3-4-9-19-16)11-13-8-10-20-17-7-2-1-5-15(13)17/h1-11H/b14-11+. The van der Waals surface area contributed by atoms with Crippen molar-refractivity contribution in [2.24, 2.45) is 0 Å². The Hall–Kier alpha value is -2.99. The number of aromatic nitrogens is 2. The lowest BCUT2D eigenvalue weighted by Crippen LogP contribution is -1.87. The molecule has 1 aromatic carbocycles. The van der Waals surface area contributed by atoms with Gasteiger partial charge in [-0.2, -0.15) is 5.26 Å². The highest BCUT2D eigenvalue weighted by Gasteiger charge is 2.04. The predicted molar refractivity (Wildman–Crippen MR) is 79.5 cm³/mol. The summed E-state index contributed by atoms with van der Waals surface area (Å²) in [6.45, 7) is 0. The molecule has 94 valence electrons. The Morgan fingerprint density at radius 1 is 0.950 bits per heavy atom. The van der Waals surface area contributed by atoms with E-state index in [4.69, 9.17) is 0 Å². The molecule has 0 aliphatic carbocycles. The molecule has 0 amide bonds. The molecule has 2 heterocycles. The van der Waals surface area contributed by atoms with Crippen LogP contribution in [0.5, 0.6) is 0 Å². The van der Waals surface area contributed by atoms with Crippen LogP contribution >= 0.6 is 0 Å². The highest BCUT2D eigenvalue weighted by atomic mass is 14.7. The van der Waals surface area contributed by atoms with Gasteiger partial charge in [0.05, 0.1) is 16.8 Å². The van der Waals surface area contributed by atoms with Crippen LogP contribution in [-0.2, 0) is 0 Å². The van der Waals surface area contributed by atoms with Crippen molar-refractivity contribution in [3.05, 3.63) is 72.2 Å². The molecule has 0 saturated carbocycles. The highest BCUT2D eigenvalue weighted by molar-refractivity contribution is 5.96. The van der Waals surface area contributed by atoms with Crippen molar-refractivity contribution in [3.8, 4) is 6.07 Å². The van der Waals surface area contributed by atoms with Gasteiger partial charge in [-0.1, -0.05) is 24.3 Å². The molecule has 0 N–H and O–H groups in total. The molecule has 0 fully saturated rings. The molecule has 0 saturated heterocycles. The van der Waals surface area contributed by atoms with Crippen LogP contribution in [0.25, 0.3) is 22.6 Å². The van der Waals surface area contributed by atoms with Crippen molar-refractivity contribution < 1.29 is 0 Å². The Morgan fingerprint density at radius 2 is 1.80 bits per heavy atom. The Kier molecular flexibility index (Phi) is 3.22. The van der Waals surface area contributed by atoms with Gasteiger partial charge in [0.15, 0.2) is 0 Å². The summed E-state index contributed by atoms with van der Waals surface area (Å²) in [5, 5.41) is 10.4. The maximum Gasteiger partial charge on any atom is 0.101 e. The molecule has 0 aliphatic rings. The largest absolute Gasteiger partial charge is 0.256 e. The molecule has 0 atom stereocenters. The minimum absolute atomic E-state index is 0.543. The molecule has 0 bridgehead atoms. The van der Waals surface area contributed by atoms with E-state index >= 15 is 0 Å². The number of allylic oxidation sites excluding steroid dienone is 1. The number of para-hydroxylation sites is 1. The number of nitriles is 1. The molecule has 0 spiro atoms. The molecule has 3 aromatic rings. The average Bonchev–Trinajstić information content (AvgIpc) is 2.53. The Labute approximate surface area is 116 Å². The fourth-order valence-corrected chi connectivity index (χ4v) is 2.08. The second-order valence-corrected chi connectivity index (χ2v) is 4.30. The number of fused-ring (bicyclic) bond motifs is 1. The third-order valence-electron chi connectivity index (χ3n) is 3.04. The van der Waals surface area contributed by atoms with Crippen LogP contribution in [-0.4, -0.2) is 9.97 Å². The number of nitrogens with zero attached hydrogens (tertiary/aromatic N) is 3. The molecule has 3 nitrogen and oxygen atoms in total.